The molecule has 0 fully saturated rings. The molecule has 0 saturated heterocycles. The lowest BCUT2D eigenvalue weighted by molar-refractivity contribution is 0.216. The van der Waals surface area contributed by atoms with Crippen LogP contribution < -0.4 is 15.2 Å². The molecule has 20 heavy (non-hydrogen) atoms. The predicted octanol–water partition coefficient (Wildman–Crippen LogP) is 2.82. The second-order valence-corrected chi connectivity index (χ2v) is 5.12. The van der Waals surface area contributed by atoms with E-state index in [-0.39, 0.29) is 6.04 Å². The molecule has 1 aromatic carbocycles. The Balaban J connectivity index is 2.87. The summed E-state index contributed by atoms with van der Waals surface area (Å²) in [5.41, 5.74) is 7.36. The minimum absolute atomic E-state index is 0.0920. The van der Waals surface area contributed by atoms with Gasteiger partial charge in [0.05, 0.1) is 14.2 Å². The highest BCUT2D eigenvalue weighted by Crippen LogP contribution is 2.29. The number of nitrogens with zero attached hydrogens (tertiary/aromatic N) is 1. The van der Waals surface area contributed by atoms with Crippen LogP contribution in [0.4, 0.5) is 0 Å². The molecule has 114 valence electrons. The quantitative estimate of drug-likeness (QED) is 0.795. The number of hydrogen-bond donors (Lipinski definition) is 1. The lowest BCUT2D eigenvalue weighted by Crippen LogP contribution is -2.36. The molecule has 1 atom stereocenters. The van der Waals surface area contributed by atoms with Crippen LogP contribution in [0.25, 0.3) is 0 Å². The first-order chi connectivity index (χ1) is 9.57. The Bertz CT molecular complexity index is 405. The van der Waals surface area contributed by atoms with E-state index in [9.17, 15) is 0 Å². The van der Waals surface area contributed by atoms with Gasteiger partial charge in [-0.2, -0.15) is 0 Å². The van der Waals surface area contributed by atoms with Gasteiger partial charge in [-0.3, -0.25) is 0 Å². The van der Waals surface area contributed by atoms with E-state index >= 15 is 0 Å². The topological polar surface area (TPSA) is 47.7 Å². The van der Waals surface area contributed by atoms with E-state index in [1.165, 1.54) is 0 Å². The van der Waals surface area contributed by atoms with Crippen LogP contribution in [0, 0.1) is 0 Å². The highest BCUT2D eigenvalue weighted by atomic mass is 16.5. The number of ether oxygens (including phenoxy) is 2. The molecule has 1 unspecified atom stereocenters. The van der Waals surface area contributed by atoms with Gasteiger partial charge in [0.1, 0.15) is 11.5 Å². The zero-order valence-corrected chi connectivity index (χ0v) is 13.3. The molecule has 0 amide bonds. The van der Waals surface area contributed by atoms with Crippen LogP contribution in [0.15, 0.2) is 18.2 Å². The summed E-state index contributed by atoms with van der Waals surface area (Å²) in [6, 6.07) is 6.23. The van der Waals surface area contributed by atoms with Crippen molar-refractivity contribution in [2.24, 2.45) is 5.73 Å². The van der Waals surface area contributed by atoms with Crippen LogP contribution >= 0.6 is 0 Å². The Hall–Kier alpha value is -1.26. The fraction of sp³-hybridized carbons (Fsp3) is 0.625. The minimum atomic E-state index is -0.0920. The zero-order chi connectivity index (χ0) is 15.1. The second-order valence-electron chi connectivity index (χ2n) is 5.12. The molecular weight excluding hydrogens is 252 g/mol. The largest absolute Gasteiger partial charge is 0.497 e. The van der Waals surface area contributed by atoms with Gasteiger partial charge in [-0.25, -0.2) is 0 Å². The average Bonchev–Trinajstić information content (AvgIpc) is 2.47. The number of likely N-dealkylation sites (N-methyl/N-ethyl adjacent to an activating group) is 1. The maximum Gasteiger partial charge on any atom is 0.123 e. The number of methoxy groups -OCH3 is 2. The molecule has 0 heterocycles. The molecule has 0 bridgehead atoms. The van der Waals surface area contributed by atoms with E-state index in [0.29, 0.717) is 6.04 Å². The van der Waals surface area contributed by atoms with Crippen molar-refractivity contribution in [3.63, 3.8) is 0 Å². The van der Waals surface area contributed by atoms with Gasteiger partial charge < -0.3 is 20.1 Å². The molecule has 1 aromatic rings. The van der Waals surface area contributed by atoms with Gasteiger partial charge in [0.15, 0.2) is 0 Å². The van der Waals surface area contributed by atoms with Gasteiger partial charge in [-0.1, -0.05) is 13.8 Å². The zero-order valence-electron chi connectivity index (χ0n) is 13.3. The van der Waals surface area contributed by atoms with Crippen molar-refractivity contribution in [1.29, 1.82) is 0 Å². The van der Waals surface area contributed by atoms with Crippen molar-refractivity contribution in [2.75, 3.05) is 27.8 Å². The van der Waals surface area contributed by atoms with E-state index < -0.39 is 0 Å². The molecule has 0 spiro atoms. The van der Waals surface area contributed by atoms with Gasteiger partial charge in [0, 0.05) is 24.2 Å². The Morgan fingerprint density at radius 1 is 1.15 bits per heavy atom. The van der Waals surface area contributed by atoms with Crippen LogP contribution in [0.5, 0.6) is 11.5 Å². The lowest BCUT2D eigenvalue weighted by Gasteiger charge is -2.29. The van der Waals surface area contributed by atoms with Crippen molar-refractivity contribution in [3.8, 4) is 11.5 Å². The Kier molecular flexibility index (Phi) is 6.82. The van der Waals surface area contributed by atoms with E-state index in [2.05, 4.69) is 25.8 Å². The molecule has 4 nitrogen and oxygen atoms in total. The highest BCUT2D eigenvalue weighted by molar-refractivity contribution is 5.42. The fourth-order valence-electron chi connectivity index (χ4n) is 2.60. The van der Waals surface area contributed by atoms with E-state index in [1.54, 1.807) is 14.2 Å². The van der Waals surface area contributed by atoms with Crippen molar-refractivity contribution < 1.29 is 9.47 Å². The third kappa shape index (κ3) is 4.12. The standard InChI is InChI=1S/C16H28N2O2/c1-6-12(7-2)18(3)11-15(17)14-10-13(19-4)8-9-16(14)20-5/h8-10,12,15H,6-7,11,17H2,1-5H3. The molecular formula is C16H28N2O2. The lowest BCUT2D eigenvalue weighted by atomic mass is 10.0. The summed E-state index contributed by atoms with van der Waals surface area (Å²) in [5, 5.41) is 0. The molecule has 0 aliphatic heterocycles. The van der Waals surface area contributed by atoms with Crippen LogP contribution in [0.1, 0.15) is 38.3 Å². The Morgan fingerprint density at radius 3 is 2.30 bits per heavy atom. The Labute approximate surface area is 122 Å². The molecule has 0 saturated carbocycles. The molecule has 2 N–H and O–H groups in total. The third-order valence-electron chi connectivity index (χ3n) is 3.89. The number of benzene rings is 1. The Morgan fingerprint density at radius 2 is 1.80 bits per heavy atom. The van der Waals surface area contributed by atoms with E-state index in [4.69, 9.17) is 15.2 Å². The van der Waals surface area contributed by atoms with Gasteiger partial charge >= 0.3 is 0 Å². The molecule has 1 rings (SSSR count). The van der Waals surface area contributed by atoms with Gasteiger partial charge in [-0.05, 0) is 38.1 Å². The minimum Gasteiger partial charge on any atom is -0.497 e. The molecule has 0 radical (unpaired) electrons. The smallest absolute Gasteiger partial charge is 0.123 e. The first-order valence-corrected chi connectivity index (χ1v) is 7.25. The highest BCUT2D eigenvalue weighted by Gasteiger charge is 2.18. The third-order valence-corrected chi connectivity index (χ3v) is 3.89. The predicted molar refractivity (Wildman–Crippen MR) is 83.5 cm³/mol. The van der Waals surface area contributed by atoms with E-state index in [1.807, 2.05) is 18.2 Å². The normalized spacial score (nSPS) is 12.8. The monoisotopic (exact) mass is 280 g/mol. The maximum absolute atomic E-state index is 6.37. The summed E-state index contributed by atoms with van der Waals surface area (Å²) in [6.45, 7) is 5.22. The second kappa shape index (κ2) is 8.12. The summed E-state index contributed by atoms with van der Waals surface area (Å²) in [4.78, 5) is 2.32. The fourth-order valence-corrected chi connectivity index (χ4v) is 2.60. The maximum atomic E-state index is 6.37. The number of hydrogen-bond acceptors (Lipinski definition) is 4. The summed E-state index contributed by atoms with van der Waals surface area (Å²) in [7, 11) is 5.46. The van der Waals surface area contributed by atoms with Crippen molar-refractivity contribution >= 4 is 0 Å². The molecule has 0 aliphatic carbocycles. The van der Waals surface area contributed by atoms with E-state index in [0.717, 1.165) is 36.4 Å². The van der Waals surface area contributed by atoms with Crippen LogP contribution in [-0.2, 0) is 0 Å². The molecule has 4 heteroatoms. The van der Waals surface area contributed by atoms with Gasteiger partial charge in [-0.15, -0.1) is 0 Å². The average molecular weight is 280 g/mol. The SMILES string of the molecule is CCC(CC)N(C)CC(N)c1cc(OC)ccc1OC. The summed E-state index contributed by atoms with van der Waals surface area (Å²) in [5.74, 6) is 1.62. The summed E-state index contributed by atoms with van der Waals surface area (Å²) >= 11 is 0. The van der Waals surface area contributed by atoms with Crippen molar-refractivity contribution in [1.82, 2.24) is 4.90 Å². The van der Waals surface area contributed by atoms with Crippen molar-refractivity contribution in [2.45, 2.75) is 38.8 Å². The molecule has 0 aliphatic rings. The first kappa shape index (κ1) is 16.8. The number of nitrogens with two attached hydrogens (primary N) is 1. The van der Waals surface area contributed by atoms with Gasteiger partial charge in [0.2, 0.25) is 0 Å². The summed E-state index contributed by atoms with van der Waals surface area (Å²) < 4.78 is 10.7. The van der Waals surface area contributed by atoms with Crippen LogP contribution in [0.3, 0.4) is 0 Å². The summed E-state index contributed by atoms with van der Waals surface area (Å²) in [6.07, 6.45) is 2.27. The van der Waals surface area contributed by atoms with Crippen LogP contribution in [0.2, 0.25) is 0 Å². The van der Waals surface area contributed by atoms with Crippen molar-refractivity contribution in [3.05, 3.63) is 23.8 Å². The molecule has 0 aromatic heterocycles. The number of rotatable bonds is 8. The van der Waals surface area contributed by atoms with Crippen LogP contribution in [-0.4, -0.2) is 38.8 Å². The van der Waals surface area contributed by atoms with Gasteiger partial charge in [0.25, 0.3) is 0 Å². The first-order valence-electron chi connectivity index (χ1n) is 7.25.